The molecule has 1 unspecified atom stereocenters. The standard InChI is InChI=1S/C15H27N5O4S/c1-5-19(6-2)25(22,23)20-9-7-18(8-10-20)13(4)15(21)16-14-11-12(3)24-17-14/h11,13H,5-10H2,1-4H3,(H,16,17,21). The second-order valence-corrected chi connectivity index (χ2v) is 7.94. The van der Waals surface area contributed by atoms with E-state index in [2.05, 4.69) is 10.5 Å². The van der Waals surface area contributed by atoms with Crippen molar-refractivity contribution >= 4 is 21.9 Å². The zero-order chi connectivity index (χ0) is 18.6. The molecule has 10 heteroatoms. The first kappa shape index (κ1) is 19.8. The average Bonchev–Trinajstić information content (AvgIpc) is 3.00. The molecule has 1 aliphatic heterocycles. The van der Waals surface area contributed by atoms with Crippen molar-refractivity contribution in [1.29, 1.82) is 0 Å². The van der Waals surface area contributed by atoms with E-state index in [0.29, 0.717) is 50.8 Å². The highest BCUT2D eigenvalue weighted by Crippen LogP contribution is 2.15. The molecule has 0 aromatic carbocycles. The molecule has 1 atom stereocenters. The maximum absolute atomic E-state index is 12.5. The summed E-state index contributed by atoms with van der Waals surface area (Å²) in [5, 5.41) is 6.46. The van der Waals surface area contributed by atoms with Gasteiger partial charge in [0.05, 0.1) is 6.04 Å². The number of piperazine rings is 1. The second kappa shape index (κ2) is 8.26. The van der Waals surface area contributed by atoms with Crippen LogP contribution in [0.2, 0.25) is 0 Å². The molecule has 1 N–H and O–H groups in total. The van der Waals surface area contributed by atoms with E-state index in [1.807, 2.05) is 18.7 Å². The first-order valence-corrected chi connectivity index (χ1v) is 9.92. The van der Waals surface area contributed by atoms with E-state index in [-0.39, 0.29) is 11.9 Å². The number of rotatable bonds is 7. The lowest BCUT2D eigenvalue weighted by molar-refractivity contribution is -0.121. The fraction of sp³-hybridized carbons (Fsp3) is 0.733. The van der Waals surface area contributed by atoms with Crippen molar-refractivity contribution in [2.24, 2.45) is 0 Å². The first-order valence-electron chi connectivity index (χ1n) is 8.53. The molecule has 142 valence electrons. The number of anilines is 1. The van der Waals surface area contributed by atoms with Gasteiger partial charge in [0.15, 0.2) is 5.82 Å². The first-order chi connectivity index (χ1) is 11.8. The maximum Gasteiger partial charge on any atom is 0.282 e. The van der Waals surface area contributed by atoms with E-state index in [1.54, 1.807) is 19.9 Å². The minimum absolute atomic E-state index is 0.187. The average molecular weight is 373 g/mol. The van der Waals surface area contributed by atoms with Crippen LogP contribution in [0.3, 0.4) is 0 Å². The molecule has 1 fully saturated rings. The Balaban J connectivity index is 1.91. The molecule has 9 nitrogen and oxygen atoms in total. The number of aromatic nitrogens is 1. The summed E-state index contributed by atoms with van der Waals surface area (Å²) in [5.41, 5.74) is 0. The molecule has 1 saturated heterocycles. The summed E-state index contributed by atoms with van der Waals surface area (Å²) in [6.45, 7) is 9.88. The van der Waals surface area contributed by atoms with Crippen LogP contribution in [0.4, 0.5) is 5.82 Å². The van der Waals surface area contributed by atoms with E-state index < -0.39 is 10.2 Å². The minimum atomic E-state index is -3.42. The number of hydrogen-bond acceptors (Lipinski definition) is 6. The van der Waals surface area contributed by atoms with Crippen LogP contribution in [0.5, 0.6) is 0 Å². The van der Waals surface area contributed by atoms with Gasteiger partial charge < -0.3 is 9.84 Å². The lowest BCUT2D eigenvalue weighted by atomic mass is 10.2. The lowest BCUT2D eigenvalue weighted by Crippen LogP contribution is -2.56. The van der Waals surface area contributed by atoms with Crippen LogP contribution in [0.1, 0.15) is 26.5 Å². The summed E-state index contributed by atoms with van der Waals surface area (Å²) in [6, 6.07) is 1.27. The van der Waals surface area contributed by atoms with Gasteiger partial charge in [-0.1, -0.05) is 19.0 Å². The SMILES string of the molecule is CCN(CC)S(=O)(=O)N1CCN(C(C)C(=O)Nc2cc(C)on2)CC1. The summed E-state index contributed by atoms with van der Waals surface area (Å²) in [5.74, 6) is 0.823. The summed E-state index contributed by atoms with van der Waals surface area (Å²) in [6.07, 6.45) is 0. The third kappa shape index (κ3) is 4.57. The maximum atomic E-state index is 12.5. The van der Waals surface area contributed by atoms with E-state index >= 15 is 0 Å². The Morgan fingerprint density at radius 2 is 1.92 bits per heavy atom. The molecule has 25 heavy (non-hydrogen) atoms. The quantitative estimate of drug-likeness (QED) is 0.748. The minimum Gasteiger partial charge on any atom is -0.360 e. The van der Waals surface area contributed by atoms with E-state index in [0.717, 1.165) is 0 Å². The zero-order valence-corrected chi connectivity index (χ0v) is 16.0. The largest absolute Gasteiger partial charge is 0.360 e. The van der Waals surface area contributed by atoms with Crippen molar-refractivity contribution in [2.75, 3.05) is 44.6 Å². The number of amides is 1. The van der Waals surface area contributed by atoms with Crippen LogP contribution >= 0.6 is 0 Å². The van der Waals surface area contributed by atoms with Crippen LogP contribution < -0.4 is 5.32 Å². The van der Waals surface area contributed by atoms with Gasteiger partial charge in [-0.15, -0.1) is 0 Å². The number of nitrogens with zero attached hydrogens (tertiary/aromatic N) is 4. The van der Waals surface area contributed by atoms with Crippen molar-refractivity contribution in [1.82, 2.24) is 18.7 Å². The second-order valence-electron chi connectivity index (χ2n) is 6.02. The Morgan fingerprint density at radius 3 is 2.40 bits per heavy atom. The summed E-state index contributed by atoms with van der Waals surface area (Å²) in [4.78, 5) is 14.3. The van der Waals surface area contributed by atoms with Gasteiger partial charge in [-0.3, -0.25) is 9.69 Å². The molecule has 0 bridgehead atoms. The third-order valence-corrected chi connectivity index (χ3v) is 6.62. The number of carbonyl (C=O) groups excluding carboxylic acids is 1. The fourth-order valence-corrected chi connectivity index (χ4v) is 4.46. The third-order valence-electron chi connectivity index (χ3n) is 4.44. The van der Waals surface area contributed by atoms with E-state index in [4.69, 9.17) is 4.52 Å². The van der Waals surface area contributed by atoms with Gasteiger partial charge in [0.1, 0.15) is 5.76 Å². The molecular weight excluding hydrogens is 346 g/mol. The molecular formula is C15H27N5O4S. The van der Waals surface area contributed by atoms with Crippen molar-refractivity contribution in [2.45, 2.75) is 33.7 Å². The topological polar surface area (TPSA) is 99.0 Å². The van der Waals surface area contributed by atoms with Crippen LogP contribution in [0, 0.1) is 6.92 Å². The number of hydrogen-bond donors (Lipinski definition) is 1. The normalized spacial score (nSPS) is 18.4. The van der Waals surface area contributed by atoms with Crippen molar-refractivity contribution < 1.29 is 17.7 Å². The van der Waals surface area contributed by atoms with Gasteiger partial charge >= 0.3 is 0 Å². The summed E-state index contributed by atoms with van der Waals surface area (Å²) >= 11 is 0. The predicted octanol–water partition coefficient (Wildman–Crippen LogP) is 0.514. The molecule has 0 aliphatic carbocycles. The van der Waals surface area contributed by atoms with Gasteiger partial charge in [0.25, 0.3) is 10.2 Å². The van der Waals surface area contributed by atoms with E-state index in [1.165, 1.54) is 8.61 Å². The molecule has 1 aromatic heterocycles. The number of aryl methyl sites for hydroxylation is 1. The molecule has 1 aliphatic rings. The molecule has 1 aromatic rings. The summed E-state index contributed by atoms with van der Waals surface area (Å²) in [7, 11) is -3.42. The van der Waals surface area contributed by atoms with Crippen LogP contribution in [0.25, 0.3) is 0 Å². The molecule has 1 amide bonds. The monoisotopic (exact) mass is 373 g/mol. The van der Waals surface area contributed by atoms with Crippen molar-refractivity contribution in [3.05, 3.63) is 11.8 Å². The Kier molecular flexibility index (Phi) is 6.55. The molecule has 0 spiro atoms. The Hall–Kier alpha value is -1.49. The number of carbonyl (C=O) groups is 1. The Bertz CT molecular complexity index is 678. The van der Waals surface area contributed by atoms with Gasteiger partial charge in [0.2, 0.25) is 5.91 Å². The lowest BCUT2D eigenvalue weighted by Gasteiger charge is -2.38. The fourth-order valence-electron chi connectivity index (χ4n) is 2.86. The highest BCUT2D eigenvalue weighted by molar-refractivity contribution is 7.86. The van der Waals surface area contributed by atoms with Crippen LogP contribution in [-0.2, 0) is 15.0 Å². The Labute approximate surface area is 149 Å². The molecule has 0 radical (unpaired) electrons. The van der Waals surface area contributed by atoms with E-state index in [9.17, 15) is 13.2 Å². The predicted molar refractivity (Wildman–Crippen MR) is 94.3 cm³/mol. The van der Waals surface area contributed by atoms with Crippen LogP contribution in [0.15, 0.2) is 10.6 Å². The highest BCUT2D eigenvalue weighted by atomic mass is 32.2. The smallest absolute Gasteiger partial charge is 0.282 e. The molecule has 2 heterocycles. The van der Waals surface area contributed by atoms with Gasteiger partial charge in [-0.05, 0) is 13.8 Å². The molecule has 0 saturated carbocycles. The van der Waals surface area contributed by atoms with Gasteiger partial charge in [-0.2, -0.15) is 17.0 Å². The van der Waals surface area contributed by atoms with Gasteiger partial charge in [0, 0.05) is 45.3 Å². The summed E-state index contributed by atoms with van der Waals surface area (Å²) < 4.78 is 32.9. The Morgan fingerprint density at radius 1 is 1.32 bits per heavy atom. The number of nitrogens with one attached hydrogen (secondary N) is 1. The van der Waals surface area contributed by atoms with Gasteiger partial charge in [-0.25, -0.2) is 0 Å². The van der Waals surface area contributed by atoms with Crippen molar-refractivity contribution in [3.63, 3.8) is 0 Å². The van der Waals surface area contributed by atoms with Crippen LogP contribution in [-0.4, -0.2) is 78.3 Å². The highest BCUT2D eigenvalue weighted by Gasteiger charge is 2.33. The zero-order valence-electron chi connectivity index (χ0n) is 15.2. The molecule has 2 rings (SSSR count). The van der Waals surface area contributed by atoms with Crippen molar-refractivity contribution in [3.8, 4) is 0 Å².